The number of para-hydroxylation sites is 1. The van der Waals surface area contributed by atoms with Crippen LogP contribution < -0.4 is 19.6 Å². The summed E-state index contributed by atoms with van der Waals surface area (Å²) in [6.07, 6.45) is 3.30. The molecule has 5 aromatic rings. The van der Waals surface area contributed by atoms with Crippen molar-refractivity contribution in [2.45, 2.75) is 32.9 Å². The fourth-order valence-electron chi connectivity index (χ4n) is 5.42. The second-order valence-corrected chi connectivity index (χ2v) is 12.1. The first kappa shape index (κ1) is 31.4. The number of fused-ring (bicyclic) bond motifs is 1. The van der Waals surface area contributed by atoms with Crippen LogP contribution in [0.3, 0.4) is 0 Å². The van der Waals surface area contributed by atoms with E-state index in [2.05, 4.69) is 0 Å². The molecule has 0 aliphatic carbocycles. The Kier molecular flexibility index (Phi) is 8.73. The van der Waals surface area contributed by atoms with E-state index < -0.39 is 18.0 Å². The maximum absolute atomic E-state index is 14.3. The standard InChI is InChI=1S/C36H32N4O6S/c1-21(2)46-35(43)30-22(3)37-36-40(32(30)24-11-13-25(14-12-24)34(42)45-5)33(41)29(47-36)19-26-20-39(27-9-7-6-8-10-27)38-31(26)23-15-17-28(44-4)18-16-23/h6-21,32H,1-5H3/b29-19-. The van der Waals surface area contributed by atoms with Crippen LogP contribution in [0.1, 0.15) is 48.3 Å². The summed E-state index contributed by atoms with van der Waals surface area (Å²) in [7, 11) is 2.92. The Morgan fingerprint density at radius 3 is 2.28 bits per heavy atom. The number of benzene rings is 3. The third-order valence-corrected chi connectivity index (χ3v) is 8.63. The van der Waals surface area contributed by atoms with Crippen LogP contribution in [0.2, 0.25) is 0 Å². The van der Waals surface area contributed by atoms with Gasteiger partial charge < -0.3 is 14.2 Å². The van der Waals surface area contributed by atoms with Crippen molar-refractivity contribution in [1.82, 2.24) is 14.3 Å². The molecule has 2 aromatic heterocycles. The minimum atomic E-state index is -0.834. The predicted octanol–water partition coefficient (Wildman–Crippen LogP) is 4.83. The van der Waals surface area contributed by atoms with Gasteiger partial charge in [0.1, 0.15) is 11.4 Å². The minimum absolute atomic E-state index is 0.249. The average molecular weight is 649 g/mol. The zero-order chi connectivity index (χ0) is 33.2. The highest BCUT2D eigenvalue weighted by Crippen LogP contribution is 2.32. The van der Waals surface area contributed by atoms with E-state index in [0.29, 0.717) is 37.6 Å². The Hall–Kier alpha value is -5.55. The first-order chi connectivity index (χ1) is 22.7. The van der Waals surface area contributed by atoms with Gasteiger partial charge in [-0.3, -0.25) is 9.36 Å². The van der Waals surface area contributed by atoms with Crippen LogP contribution in [0.5, 0.6) is 5.75 Å². The average Bonchev–Trinajstić information content (AvgIpc) is 3.64. The molecule has 1 unspecified atom stereocenters. The van der Waals surface area contributed by atoms with Crippen LogP contribution in [-0.4, -0.2) is 46.6 Å². The summed E-state index contributed by atoms with van der Waals surface area (Å²) in [5, 5.41) is 4.89. The number of hydrogen-bond acceptors (Lipinski definition) is 9. The van der Waals surface area contributed by atoms with Crippen molar-refractivity contribution in [3.63, 3.8) is 0 Å². The zero-order valence-corrected chi connectivity index (χ0v) is 27.3. The third kappa shape index (κ3) is 6.17. The fourth-order valence-corrected chi connectivity index (χ4v) is 6.45. The predicted molar refractivity (Wildman–Crippen MR) is 178 cm³/mol. The van der Waals surface area contributed by atoms with Crippen molar-refractivity contribution in [2.24, 2.45) is 4.99 Å². The number of ether oxygens (including phenoxy) is 3. The first-order valence-corrected chi connectivity index (χ1v) is 15.7. The molecule has 0 fully saturated rings. The topological polar surface area (TPSA) is 114 Å². The van der Waals surface area contributed by atoms with Crippen molar-refractivity contribution < 1.29 is 23.8 Å². The minimum Gasteiger partial charge on any atom is -0.497 e. The second-order valence-electron chi connectivity index (χ2n) is 11.1. The lowest BCUT2D eigenvalue weighted by atomic mass is 9.95. The van der Waals surface area contributed by atoms with Crippen molar-refractivity contribution in [1.29, 1.82) is 0 Å². The number of aromatic nitrogens is 3. The van der Waals surface area contributed by atoms with Crippen molar-refractivity contribution in [3.05, 3.63) is 133 Å². The van der Waals surface area contributed by atoms with Crippen molar-refractivity contribution >= 4 is 29.4 Å². The largest absolute Gasteiger partial charge is 0.497 e. The summed E-state index contributed by atoms with van der Waals surface area (Å²) in [6.45, 7) is 5.26. The molecule has 0 amide bonds. The monoisotopic (exact) mass is 648 g/mol. The van der Waals surface area contributed by atoms with Crippen LogP contribution in [0, 0.1) is 0 Å². The molecule has 6 rings (SSSR count). The molecule has 11 heteroatoms. The van der Waals surface area contributed by atoms with Gasteiger partial charge >= 0.3 is 11.9 Å². The van der Waals surface area contributed by atoms with Crippen LogP contribution in [-0.2, 0) is 14.3 Å². The van der Waals surface area contributed by atoms with Gasteiger partial charge in [-0.2, -0.15) is 5.10 Å². The molecule has 0 radical (unpaired) electrons. The normalized spacial score (nSPS) is 14.5. The maximum Gasteiger partial charge on any atom is 0.338 e. The molecule has 47 heavy (non-hydrogen) atoms. The number of hydrogen-bond donors (Lipinski definition) is 0. The summed E-state index contributed by atoms with van der Waals surface area (Å²) in [4.78, 5) is 45.1. The number of methoxy groups -OCH3 is 2. The molecule has 0 N–H and O–H groups in total. The quantitative estimate of drug-likeness (QED) is 0.222. The smallest absolute Gasteiger partial charge is 0.338 e. The number of nitrogens with zero attached hydrogens (tertiary/aromatic N) is 4. The molecular formula is C36H32N4O6S. The number of thiazole rings is 1. The summed E-state index contributed by atoms with van der Waals surface area (Å²) in [5.41, 5.74) is 4.43. The molecule has 0 bridgehead atoms. The summed E-state index contributed by atoms with van der Waals surface area (Å²) in [6, 6.07) is 23.1. The Morgan fingerprint density at radius 1 is 0.936 bits per heavy atom. The number of carbonyl (C=O) groups is 2. The van der Waals surface area contributed by atoms with Gasteiger partial charge in [0.25, 0.3) is 5.56 Å². The Labute approximate surface area is 274 Å². The summed E-state index contributed by atoms with van der Waals surface area (Å²) >= 11 is 1.22. The fraction of sp³-hybridized carbons (Fsp3) is 0.194. The van der Waals surface area contributed by atoms with Gasteiger partial charge in [-0.05, 0) is 80.9 Å². The van der Waals surface area contributed by atoms with Gasteiger partial charge in [0, 0.05) is 17.3 Å². The van der Waals surface area contributed by atoms with E-state index in [0.717, 1.165) is 16.8 Å². The maximum atomic E-state index is 14.3. The number of carbonyl (C=O) groups excluding carboxylic acids is 2. The third-order valence-electron chi connectivity index (χ3n) is 7.65. The van der Waals surface area contributed by atoms with Crippen LogP contribution in [0.15, 0.2) is 106 Å². The van der Waals surface area contributed by atoms with E-state index in [9.17, 15) is 14.4 Å². The molecule has 0 spiro atoms. The highest BCUT2D eigenvalue weighted by atomic mass is 32.1. The molecule has 1 aliphatic heterocycles. The Balaban J connectivity index is 1.53. The molecule has 10 nitrogen and oxygen atoms in total. The first-order valence-electron chi connectivity index (χ1n) is 14.9. The van der Waals surface area contributed by atoms with E-state index in [-0.39, 0.29) is 17.2 Å². The Bertz CT molecular complexity index is 2180. The zero-order valence-electron chi connectivity index (χ0n) is 26.5. The number of allylic oxidation sites excluding steroid dienone is 1. The second kappa shape index (κ2) is 13.1. The molecule has 3 aromatic carbocycles. The van der Waals surface area contributed by atoms with Crippen molar-refractivity contribution in [3.8, 4) is 22.7 Å². The Morgan fingerprint density at radius 2 is 1.64 bits per heavy atom. The van der Waals surface area contributed by atoms with Gasteiger partial charge in [0.2, 0.25) is 0 Å². The molecule has 3 heterocycles. The molecule has 0 saturated heterocycles. The lowest BCUT2D eigenvalue weighted by molar-refractivity contribution is -0.143. The van der Waals surface area contributed by atoms with Gasteiger partial charge in [0.05, 0.1) is 53.4 Å². The highest BCUT2D eigenvalue weighted by Gasteiger charge is 2.34. The van der Waals surface area contributed by atoms with E-state index in [1.807, 2.05) is 60.8 Å². The van der Waals surface area contributed by atoms with Gasteiger partial charge in [0.15, 0.2) is 4.80 Å². The van der Waals surface area contributed by atoms with E-state index in [1.54, 1.807) is 62.9 Å². The van der Waals surface area contributed by atoms with Crippen LogP contribution in [0.4, 0.5) is 0 Å². The van der Waals surface area contributed by atoms with Crippen molar-refractivity contribution in [2.75, 3.05) is 14.2 Å². The molecule has 1 aliphatic rings. The lowest BCUT2D eigenvalue weighted by Crippen LogP contribution is -2.40. The molecule has 1 atom stereocenters. The summed E-state index contributed by atoms with van der Waals surface area (Å²) in [5.74, 6) is -0.341. The van der Waals surface area contributed by atoms with E-state index in [1.165, 1.54) is 23.0 Å². The SMILES string of the molecule is COC(=O)c1ccc(C2C(C(=O)OC(C)C)=C(C)N=c3s/c(=C\c4cn(-c5ccccc5)nc4-c4ccc(OC)cc4)c(=O)n32)cc1. The van der Waals surface area contributed by atoms with Gasteiger partial charge in [-0.1, -0.05) is 41.7 Å². The number of rotatable bonds is 8. The highest BCUT2D eigenvalue weighted by molar-refractivity contribution is 7.07. The van der Waals surface area contributed by atoms with Gasteiger partial charge in [-0.25, -0.2) is 19.3 Å². The molecular weight excluding hydrogens is 616 g/mol. The molecule has 238 valence electrons. The van der Waals surface area contributed by atoms with E-state index >= 15 is 0 Å². The summed E-state index contributed by atoms with van der Waals surface area (Å²) < 4.78 is 19.5. The van der Waals surface area contributed by atoms with Gasteiger partial charge in [-0.15, -0.1) is 0 Å². The lowest BCUT2D eigenvalue weighted by Gasteiger charge is -2.25. The number of esters is 2. The van der Waals surface area contributed by atoms with E-state index in [4.69, 9.17) is 24.3 Å². The van der Waals surface area contributed by atoms with Crippen LogP contribution in [0.25, 0.3) is 23.0 Å². The van der Waals surface area contributed by atoms with Crippen LogP contribution >= 0.6 is 11.3 Å². The molecule has 0 saturated carbocycles.